The normalized spacial score (nSPS) is 20.5. The maximum absolute atomic E-state index is 13.3. The van der Waals surface area contributed by atoms with Crippen LogP contribution in [0.5, 0.6) is 5.75 Å². The molecule has 184 valence electrons. The average Bonchev–Trinajstić information content (AvgIpc) is 3.33. The van der Waals surface area contributed by atoms with Crippen molar-refractivity contribution < 1.29 is 31.1 Å². The van der Waals surface area contributed by atoms with E-state index in [0.717, 1.165) is 36.3 Å². The Morgan fingerprint density at radius 3 is 2.29 bits per heavy atom. The van der Waals surface area contributed by atoms with Crippen LogP contribution < -0.4 is 4.74 Å². The lowest BCUT2D eigenvalue weighted by molar-refractivity contribution is -0.138. The number of methoxy groups -OCH3 is 1. The highest BCUT2D eigenvalue weighted by atomic mass is 32.2. The molecule has 2 aromatic carbocycles. The number of likely N-dealkylation sites (tertiary alicyclic amines) is 1. The molecule has 0 radical (unpaired) electrons. The van der Waals surface area contributed by atoms with E-state index in [1.165, 1.54) is 10.4 Å². The van der Waals surface area contributed by atoms with Crippen LogP contribution in [0.3, 0.4) is 0 Å². The van der Waals surface area contributed by atoms with Gasteiger partial charge in [0.05, 0.1) is 23.6 Å². The quantitative estimate of drug-likeness (QED) is 0.612. The monoisotopic (exact) mass is 496 g/mol. The number of piperidine rings is 1. The summed E-state index contributed by atoms with van der Waals surface area (Å²) in [5.41, 5.74) is 0.0356. The maximum atomic E-state index is 13.3. The average molecular weight is 497 g/mol. The highest BCUT2D eigenvalue weighted by Crippen LogP contribution is 2.36. The summed E-state index contributed by atoms with van der Waals surface area (Å²) in [7, 11) is -2.48. The number of alkyl halides is 3. The first kappa shape index (κ1) is 24.5. The highest BCUT2D eigenvalue weighted by Gasteiger charge is 2.38. The Morgan fingerprint density at radius 2 is 1.68 bits per heavy atom. The molecule has 2 heterocycles. The summed E-state index contributed by atoms with van der Waals surface area (Å²) < 4.78 is 71.3. The van der Waals surface area contributed by atoms with E-state index in [1.807, 2.05) is 29.2 Å². The fourth-order valence-electron chi connectivity index (χ4n) is 4.76. The van der Waals surface area contributed by atoms with E-state index >= 15 is 0 Å². The summed E-state index contributed by atoms with van der Waals surface area (Å²) in [6.07, 6.45) is -2.20. The number of carbonyl (C=O) groups excluding carboxylic acids is 1. The second kappa shape index (κ2) is 9.58. The topological polar surface area (TPSA) is 66.9 Å². The minimum Gasteiger partial charge on any atom is -0.497 e. The van der Waals surface area contributed by atoms with Gasteiger partial charge in [-0.15, -0.1) is 0 Å². The van der Waals surface area contributed by atoms with Crippen LogP contribution in [0.25, 0.3) is 0 Å². The van der Waals surface area contributed by atoms with Crippen molar-refractivity contribution in [2.75, 3.05) is 26.7 Å². The van der Waals surface area contributed by atoms with E-state index in [1.54, 1.807) is 7.11 Å². The molecule has 0 aliphatic carbocycles. The van der Waals surface area contributed by atoms with Crippen LogP contribution in [0.15, 0.2) is 53.4 Å². The van der Waals surface area contributed by atoms with E-state index in [0.29, 0.717) is 25.5 Å². The smallest absolute Gasteiger partial charge is 0.416 e. The molecule has 4 rings (SSSR count). The largest absolute Gasteiger partial charge is 0.497 e. The lowest BCUT2D eigenvalue weighted by atomic mass is 9.95. The molecule has 10 heteroatoms. The van der Waals surface area contributed by atoms with Gasteiger partial charge in [-0.3, -0.25) is 4.79 Å². The molecule has 1 amide bonds. The summed E-state index contributed by atoms with van der Waals surface area (Å²) in [5.74, 6) is 0.440. The number of sulfonamides is 1. The van der Waals surface area contributed by atoms with Crippen molar-refractivity contribution in [2.45, 2.75) is 42.8 Å². The van der Waals surface area contributed by atoms with Crippen LogP contribution in [-0.2, 0) is 21.0 Å². The van der Waals surface area contributed by atoms with Crippen molar-refractivity contribution in [3.05, 3.63) is 59.7 Å². The Hall–Kier alpha value is -2.59. The number of halogens is 3. The van der Waals surface area contributed by atoms with Gasteiger partial charge in [-0.25, -0.2) is 8.42 Å². The van der Waals surface area contributed by atoms with Gasteiger partial charge in [0.1, 0.15) is 5.75 Å². The number of hydrogen-bond acceptors (Lipinski definition) is 4. The van der Waals surface area contributed by atoms with Gasteiger partial charge in [0.25, 0.3) is 0 Å². The van der Waals surface area contributed by atoms with Crippen LogP contribution in [0.1, 0.15) is 42.9 Å². The predicted molar refractivity (Wildman–Crippen MR) is 120 cm³/mol. The molecule has 6 nitrogen and oxygen atoms in total. The summed E-state index contributed by atoms with van der Waals surface area (Å²) in [6.45, 7) is 0.838. The molecule has 0 saturated carbocycles. The molecule has 2 fully saturated rings. The van der Waals surface area contributed by atoms with E-state index in [2.05, 4.69) is 0 Å². The molecule has 2 aromatic rings. The minimum atomic E-state index is -4.62. The zero-order chi connectivity index (χ0) is 24.5. The van der Waals surface area contributed by atoms with Crippen molar-refractivity contribution in [1.29, 1.82) is 0 Å². The third kappa shape index (κ3) is 4.93. The van der Waals surface area contributed by atoms with Gasteiger partial charge in [0.15, 0.2) is 0 Å². The zero-order valence-corrected chi connectivity index (χ0v) is 19.6. The molecule has 34 heavy (non-hydrogen) atoms. The molecule has 0 unspecified atom stereocenters. The van der Waals surface area contributed by atoms with Crippen LogP contribution in [-0.4, -0.2) is 50.3 Å². The van der Waals surface area contributed by atoms with E-state index in [-0.39, 0.29) is 35.9 Å². The Morgan fingerprint density at radius 1 is 1.00 bits per heavy atom. The number of amides is 1. The van der Waals surface area contributed by atoms with Crippen LogP contribution in [0, 0.1) is 5.92 Å². The second-order valence-corrected chi connectivity index (χ2v) is 10.6. The van der Waals surface area contributed by atoms with Crippen molar-refractivity contribution in [1.82, 2.24) is 9.21 Å². The van der Waals surface area contributed by atoms with Crippen molar-refractivity contribution >= 4 is 15.9 Å². The van der Waals surface area contributed by atoms with Gasteiger partial charge in [-0.2, -0.15) is 17.5 Å². The molecular weight excluding hydrogens is 469 g/mol. The van der Waals surface area contributed by atoms with Crippen molar-refractivity contribution in [2.24, 2.45) is 5.92 Å². The first-order chi connectivity index (χ1) is 16.1. The van der Waals surface area contributed by atoms with Crippen molar-refractivity contribution in [3.8, 4) is 5.75 Å². The van der Waals surface area contributed by atoms with Gasteiger partial charge < -0.3 is 9.64 Å². The Kier molecular flexibility index (Phi) is 6.91. The number of ether oxygens (including phenoxy) is 1. The molecular formula is C24H27F3N2O4S. The lowest BCUT2D eigenvalue weighted by Crippen LogP contribution is -2.44. The van der Waals surface area contributed by atoms with Gasteiger partial charge in [0, 0.05) is 25.6 Å². The number of nitrogens with zero attached hydrogens (tertiary/aromatic N) is 2. The third-order valence-electron chi connectivity index (χ3n) is 6.64. The molecule has 2 aliphatic rings. The van der Waals surface area contributed by atoms with Crippen molar-refractivity contribution in [3.63, 3.8) is 0 Å². The number of benzene rings is 2. The van der Waals surface area contributed by atoms with Gasteiger partial charge in [0.2, 0.25) is 15.9 Å². The Balaban J connectivity index is 1.42. The molecule has 0 bridgehead atoms. The number of carbonyl (C=O) groups is 1. The highest BCUT2D eigenvalue weighted by molar-refractivity contribution is 7.89. The van der Waals surface area contributed by atoms with E-state index in [9.17, 15) is 26.4 Å². The fourth-order valence-corrected chi connectivity index (χ4v) is 6.28. The van der Waals surface area contributed by atoms with Gasteiger partial charge in [-0.05, 0) is 61.6 Å². The number of rotatable bonds is 5. The first-order valence-electron chi connectivity index (χ1n) is 11.2. The summed E-state index contributed by atoms with van der Waals surface area (Å²) in [4.78, 5) is 14.8. The van der Waals surface area contributed by atoms with E-state index in [4.69, 9.17) is 4.74 Å². The summed E-state index contributed by atoms with van der Waals surface area (Å²) >= 11 is 0. The van der Waals surface area contributed by atoms with Crippen LogP contribution >= 0.6 is 0 Å². The Labute approximate surface area is 197 Å². The summed E-state index contributed by atoms with van der Waals surface area (Å²) in [6, 6.07) is 11.4. The SMILES string of the molecule is COc1ccc([C@H]2CCCN2C(=O)C2CCN(S(=O)(=O)c3cccc(C(F)(F)F)c3)CC2)cc1. The molecule has 1 atom stereocenters. The predicted octanol–water partition coefficient (Wildman–Crippen LogP) is 4.48. The Bertz CT molecular complexity index is 1130. The maximum Gasteiger partial charge on any atom is 0.416 e. The molecule has 0 aromatic heterocycles. The molecule has 2 saturated heterocycles. The molecule has 2 aliphatic heterocycles. The lowest BCUT2D eigenvalue weighted by Gasteiger charge is -2.34. The molecule has 0 spiro atoms. The van der Waals surface area contributed by atoms with E-state index < -0.39 is 21.8 Å². The van der Waals surface area contributed by atoms with Gasteiger partial charge >= 0.3 is 6.18 Å². The fraction of sp³-hybridized carbons (Fsp3) is 0.458. The zero-order valence-electron chi connectivity index (χ0n) is 18.8. The third-order valence-corrected chi connectivity index (χ3v) is 8.53. The standard InChI is InChI=1S/C24H27F3N2O4S/c1-33-20-9-7-17(8-10-20)22-6-3-13-29(22)23(30)18-11-14-28(15-12-18)34(31,32)21-5-2-4-19(16-21)24(25,26)27/h2,4-5,7-10,16,18,22H,3,6,11-15H2,1H3/t22-/m1/s1. The number of hydrogen-bond donors (Lipinski definition) is 0. The van der Waals surface area contributed by atoms with Crippen LogP contribution in [0.2, 0.25) is 0 Å². The molecule has 0 N–H and O–H groups in total. The van der Waals surface area contributed by atoms with Gasteiger partial charge in [-0.1, -0.05) is 18.2 Å². The second-order valence-electron chi connectivity index (χ2n) is 8.67. The minimum absolute atomic E-state index is 0.00874. The summed E-state index contributed by atoms with van der Waals surface area (Å²) in [5, 5.41) is 0. The first-order valence-corrected chi connectivity index (χ1v) is 12.7. The van der Waals surface area contributed by atoms with Crippen LogP contribution in [0.4, 0.5) is 13.2 Å².